The fourth-order valence-corrected chi connectivity index (χ4v) is 3.10. The lowest BCUT2D eigenvalue weighted by Gasteiger charge is -2.01. The lowest BCUT2D eigenvalue weighted by Crippen LogP contribution is -2.24. The molecule has 1 aromatic rings. The van der Waals surface area contributed by atoms with E-state index in [9.17, 15) is 9.59 Å². The van der Waals surface area contributed by atoms with Crippen LogP contribution in [-0.4, -0.2) is 17.0 Å². The minimum atomic E-state index is -0.910. The molecule has 2 aliphatic rings. The lowest BCUT2D eigenvalue weighted by atomic mass is 10.3. The predicted octanol–water partition coefficient (Wildman–Crippen LogP) is 1.86. The molecule has 3 rings (SSSR count). The summed E-state index contributed by atoms with van der Waals surface area (Å²) in [5.74, 6) is -0.555. The van der Waals surface area contributed by atoms with Crippen molar-refractivity contribution in [2.75, 3.05) is 0 Å². The van der Waals surface area contributed by atoms with E-state index >= 15 is 0 Å². The molecule has 2 N–H and O–H groups in total. The first-order valence-corrected chi connectivity index (χ1v) is 6.52. The SMILES string of the molecule is O=C(O)c1ccc(CNC(=O)C2CC23CC3)s1. The third kappa shape index (κ3) is 1.95. The van der Waals surface area contributed by atoms with Crippen molar-refractivity contribution in [1.29, 1.82) is 0 Å². The fourth-order valence-electron chi connectivity index (χ4n) is 2.32. The molecule has 17 heavy (non-hydrogen) atoms. The molecular formula is C12H13NO3S. The third-order valence-electron chi connectivity index (χ3n) is 3.71. The van der Waals surface area contributed by atoms with Gasteiger partial charge in [0.05, 0.1) is 6.54 Å². The van der Waals surface area contributed by atoms with Crippen LogP contribution in [0.25, 0.3) is 0 Å². The Morgan fingerprint density at radius 2 is 2.24 bits per heavy atom. The molecule has 4 nitrogen and oxygen atoms in total. The number of carbonyl (C=O) groups excluding carboxylic acids is 1. The molecule has 2 saturated carbocycles. The van der Waals surface area contributed by atoms with Gasteiger partial charge in [-0.2, -0.15) is 0 Å². The van der Waals surface area contributed by atoms with Crippen LogP contribution in [0.2, 0.25) is 0 Å². The Kier molecular flexibility index (Phi) is 2.26. The molecule has 2 fully saturated rings. The quantitative estimate of drug-likeness (QED) is 0.858. The van der Waals surface area contributed by atoms with Crippen molar-refractivity contribution in [3.63, 3.8) is 0 Å². The number of hydrogen-bond acceptors (Lipinski definition) is 3. The maximum atomic E-state index is 11.8. The maximum Gasteiger partial charge on any atom is 0.345 e. The van der Waals surface area contributed by atoms with Gasteiger partial charge in [0.15, 0.2) is 0 Å². The topological polar surface area (TPSA) is 66.4 Å². The number of amides is 1. The van der Waals surface area contributed by atoms with Crippen molar-refractivity contribution in [3.8, 4) is 0 Å². The summed E-state index contributed by atoms with van der Waals surface area (Å²) in [7, 11) is 0. The standard InChI is InChI=1S/C12H13NO3S/c14-10(8-5-12(8)3-4-12)13-6-7-1-2-9(17-7)11(15)16/h1-2,8H,3-6H2,(H,13,14)(H,15,16). The van der Waals surface area contributed by atoms with Gasteiger partial charge in [0.25, 0.3) is 0 Å². The summed E-state index contributed by atoms with van der Waals surface area (Å²) in [6, 6.07) is 3.34. The van der Waals surface area contributed by atoms with Crippen LogP contribution in [0.1, 0.15) is 33.8 Å². The van der Waals surface area contributed by atoms with Crippen LogP contribution in [0.3, 0.4) is 0 Å². The fraction of sp³-hybridized carbons (Fsp3) is 0.500. The van der Waals surface area contributed by atoms with E-state index < -0.39 is 5.97 Å². The summed E-state index contributed by atoms with van der Waals surface area (Å²) in [6.45, 7) is 0.448. The van der Waals surface area contributed by atoms with Gasteiger partial charge < -0.3 is 10.4 Å². The Bertz CT molecular complexity index is 490. The van der Waals surface area contributed by atoms with E-state index in [0.717, 1.165) is 11.3 Å². The molecule has 1 amide bonds. The molecule has 90 valence electrons. The summed E-state index contributed by atoms with van der Waals surface area (Å²) >= 11 is 1.22. The van der Waals surface area contributed by atoms with Gasteiger partial charge in [-0.15, -0.1) is 11.3 Å². The van der Waals surface area contributed by atoms with E-state index in [1.165, 1.54) is 24.2 Å². The normalized spacial score (nSPS) is 23.4. The van der Waals surface area contributed by atoms with Crippen LogP contribution < -0.4 is 5.32 Å². The highest BCUT2D eigenvalue weighted by molar-refractivity contribution is 7.13. The smallest absolute Gasteiger partial charge is 0.345 e. The Morgan fingerprint density at radius 3 is 2.76 bits per heavy atom. The first kappa shape index (κ1) is 10.8. The number of rotatable bonds is 4. The second kappa shape index (κ2) is 3.57. The zero-order chi connectivity index (χ0) is 12.0. The first-order chi connectivity index (χ1) is 8.11. The van der Waals surface area contributed by atoms with Crippen molar-refractivity contribution >= 4 is 23.2 Å². The minimum absolute atomic E-state index is 0.132. The molecular weight excluding hydrogens is 238 g/mol. The van der Waals surface area contributed by atoms with Crippen molar-refractivity contribution in [2.45, 2.75) is 25.8 Å². The summed E-state index contributed by atoms with van der Waals surface area (Å²) in [5.41, 5.74) is 0.381. The van der Waals surface area contributed by atoms with Gasteiger partial charge in [0.2, 0.25) is 5.91 Å². The molecule has 0 bridgehead atoms. The van der Waals surface area contributed by atoms with Gasteiger partial charge in [-0.05, 0) is 36.8 Å². The minimum Gasteiger partial charge on any atom is -0.477 e. The largest absolute Gasteiger partial charge is 0.477 e. The number of thiophene rings is 1. The number of hydrogen-bond donors (Lipinski definition) is 2. The average molecular weight is 251 g/mol. The van der Waals surface area contributed by atoms with Gasteiger partial charge >= 0.3 is 5.97 Å². The molecule has 1 aromatic heterocycles. The molecule has 0 saturated heterocycles. The van der Waals surface area contributed by atoms with E-state index in [2.05, 4.69) is 5.32 Å². The first-order valence-electron chi connectivity index (χ1n) is 5.70. The zero-order valence-electron chi connectivity index (χ0n) is 9.23. The summed E-state index contributed by atoms with van der Waals surface area (Å²) < 4.78 is 0. The van der Waals surface area contributed by atoms with Crippen LogP contribution >= 0.6 is 11.3 Å². The number of aromatic carboxylic acids is 1. The number of nitrogens with one attached hydrogen (secondary N) is 1. The second-order valence-corrected chi connectivity index (χ2v) is 6.08. The lowest BCUT2D eigenvalue weighted by molar-refractivity contribution is -0.122. The average Bonchev–Trinajstić information content (AvgIpc) is 3.18. The number of carboxylic acid groups (broad SMARTS) is 1. The third-order valence-corrected chi connectivity index (χ3v) is 4.78. The van der Waals surface area contributed by atoms with Crippen molar-refractivity contribution in [3.05, 3.63) is 21.9 Å². The van der Waals surface area contributed by atoms with Crippen molar-refractivity contribution < 1.29 is 14.7 Å². The number of carboxylic acids is 1. The summed E-state index contributed by atoms with van der Waals surface area (Å²) in [4.78, 5) is 23.6. The Morgan fingerprint density at radius 1 is 1.47 bits per heavy atom. The molecule has 1 atom stereocenters. The second-order valence-electron chi connectivity index (χ2n) is 4.91. The van der Waals surface area contributed by atoms with E-state index in [-0.39, 0.29) is 11.8 Å². The highest BCUT2D eigenvalue weighted by atomic mass is 32.1. The molecule has 0 aliphatic heterocycles. The molecule has 2 aliphatic carbocycles. The van der Waals surface area contributed by atoms with Crippen molar-refractivity contribution in [1.82, 2.24) is 5.32 Å². The van der Waals surface area contributed by atoms with Crippen LogP contribution in [0.4, 0.5) is 0 Å². The van der Waals surface area contributed by atoms with E-state index in [1.807, 2.05) is 0 Å². The molecule has 1 unspecified atom stereocenters. The monoisotopic (exact) mass is 251 g/mol. The van der Waals surface area contributed by atoms with Gasteiger partial charge in [0.1, 0.15) is 4.88 Å². The van der Waals surface area contributed by atoms with E-state index in [4.69, 9.17) is 5.11 Å². The van der Waals surface area contributed by atoms with Gasteiger partial charge in [-0.1, -0.05) is 0 Å². The molecule has 0 radical (unpaired) electrons. The van der Waals surface area contributed by atoms with Gasteiger partial charge in [-0.3, -0.25) is 4.79 Å². The van der Waals surface area contributed by atoms with Crippen LogP contribution in [0, 0.1) is 11.3 Å². The Hall–Kier alpha value is -1.36. The Labute approximate surface area is 103 Å². The Balaban J connectivity index is 1.53. The van der Waals surface area contributed by atoms with E-state index in [1.54, 1.807) is 12.1 Å². The highest BCUT2D eigenvalue weighted by Gasteiger charge is 2.65. The van der Waals surface area contributed by atoms with Crippen LogP contribution in [0.5, 0.6) is 0 Å². The van der Waals surface area contributed by atoms with Gasteiger partial charge in [-0.25, -0.2) is 4.79 Å². The predicted molar refractivity (Wildman–Crippen MR) is 62.9 cm³/mol. The summed E-state index contributed by atoms with van der Waals surface area (Å²) in [5, 5.41) is 11.7. The van der Waals surface area contributed by atoms with E-state index in [0.29, 0.717) is 16.8 Å². The zero-order valence-corrected chi connectivity index (χ0v) is 10.0. The molecule has 1 heterocycles. The highest BCUT2D eigenvalue weighted by Crippen LogP contribution is 2.70. The van der Waals surface area contributed by atoms with Gasteiger partial charge in [0, 0.05) is 10.8 Å². The van der Waals surface area contributed by atoms with Crippen LogP contribution in [-0.2, 0) is 11.3 Å². The summed E-state index contributed by atoms with van der Waals surface area (Å²) in [6.07, 6.45) is 3.45. The van der Waals surface area contributed by atoms with Crippen LogP contribution in [0.15, 0.2) is 12.1 Å². The number of carbonyl (C=O) groups is 2. The molecule has 5 heteroatoms. The molecule has 0 aromatic carbocycles. The maximum absolute atomic E-state index is 11.8. The molecule has 1 spiro atoms. The van der Waals surface area contributed by atoms with Crippen molar-refractivity contribution in [2.24, 2.45) is 11.3 Å².